The first-order valence-corrected chi connectivity index (χ1v) is 8.78. The fraction of sp³-hybridized carbons (Fsp3) is 0.267. The van der Waals surface area contributed by atoms with Gasteiger partial charge in [0.25, 0.3) is 11.9 Å². The molecule has 0 aliphatic carbocycles. The van der Waals surface area contributed by atoms with Crippen LogP contribution in [0.2, 0.25) is 0 Å². The highest BCUT2D eigenvalue weighted by Crippen LogP contribution is 2.44. The molecule has 1 N–H and O–H groups in total. The molecular formula is C15H15BrN4O4S. The zero-order chi connectivity index (χ0) is 18.1. The lowest BCUT2D eigenvalue weighted by Gasteiger charge is -2.16. The zero-order valence-electron chi connectivity index (χ0n) is 13.9. The second-order valence-electron chi connectivity index (χ2n) is 4.97. The highest BCUT2D eigenvalue weighted by molar-refractivity contribution is 9.10. The van der Waals surface area contributed by atoms with Gasteiger partial charge in [0.15, 0.2) is 11.5 Å². The third-order valence-corrected chi connectivity index (χ3v) is 5.21. The smallest absolute Gasteiger partial charge is 0.259 e. The highest BCUT2D eigenvalue weighted by atomic mass is 79.9. The van der Waals surface area contributed by atoms with Gasteiger partial charge in [0.05, 0.1) is 37.1 Å². The number of thiazole rings is 1. The van der Waals surface area contributed by atoms with E-state index in [1.807, 2.05) is 12.3 Å². The molecule has 132 valence electrons. The van der Waals surface area contributed by atoms with Gasteiger partial charge in [0.1, 0.15) is 0 Å². The summed E-state index contributed by atoms with van der Waals surface area (Å²) in [5.41, 5.74) is 1.26. The maximum atomic E-state index is 12.7. The Hall–Kier alpha value is -2.33. The number of aromatic nitrogens is 3. The predicted molar refractivity (Wildman–Crippen MR) is 97.4 cm³/mol. The number of nitrogens with zero attached hydrogens (tertiary/aromatic N) is 3. The van der Waals surface area contributed by atoms with Crippen molar-refractivity contribution in [1.82, 2.24) is 14.6 Å². The van der Waals surface area contributed by atoms with Crippen molar-refractivity contribution in [3.63, 3.8) is 0 Å². The molecule has 2 aromatic heterocycles. The zero-order valence-corrected chi connectivity index (χ0v) is 16.3. The van der Waals surface area contributed by atoms with E-state index >= 15 is 0 Å². The normalized spacial score (nSPS) is 10.8. The van der Waals surface area contributed by atoms with Crippen molar-refractivity contribution < 1.29 is 19.0 Å². The summed E-state index contributed by atoms with van der Waals surface area (Å²) in [5.74, 6) is 0.955. The van der Waals surface area contributed by atoms with Gasteiger partial charge in [-0.3, -0.25) is 10.1 Å². The first kappa shape index (κ1) is 17.5. The number of hydrogen-bond acceptors (Lipinski definition) is 7. The number of methoxy groups -OCH3 is 3. The molecule has 0 aliphatic rings. The minimum absolute atomic E-state index is 0.223. The van der Waals surface area contributed by atoms with Crippen LogP contribution in [0.4, 0.5) is 5.95 Å². The number of halogens is 1. The van der Waals surface area contributed by atoms with Crippen LogP contribution in [0.5, 0.6) is 17.2 Å². The average Bonchev–Trinajstić information content (AvgIpc) is 3.15. The molecule has 3 aromatic rings. The molecule has 0 saturated carbocycles. The molecule has 3 rings (SSSR count). The summed E-state index contributed by atoms with van der Waals surface area (Å²) in [4.78, 5) is 17.7. The maximum Gasteiger partial charge on any atom is 0.259 e. The van der Waals surface area contributed by atoms with Crippen LogP contribution in [0.3, 0.4) is 0 Å². The van der Waals surface area contributed by atoms with Crippen molar-refractivity contribution in [2.45, 2.75) is 6.92 Å². The quantitative estimate of drug-likeness (QED) is 0.674. The van der Waals surface area contributed by atoms with Crippen molar-refractivity contribution in [2.24, 2.45) is 0 Å². The Morgan fingerprint density at radius 2 is 1.96 bits per heavy atom. The minimum atomic E-state index is -0.401. The number of carbonyl (C=O) groups excluding carboxylic acids is 1. The maximum absolute atomic E-state index is 12.7. The standard InChI is InChI=1S/C15H15BrN4O4S/c1-7-6-25-15-18-14(19-20(7)15)17-13(21)8-5-9(22-2)11(23-3)12(24-4)10(8)16/h5-6H,1-4H3,(H,17,19,21). The fourth-order valence-corrected chi connectivity index (χ4v) is 3.74. The van der Waals surface area contributed by atoms with E-state index in [0.717, 1.165) is 5.69 Å². The van der Waals surface area contributed by atoms with E-state index in [4.69, 9.17) is 14.2 Å². The van der Waals surface area contributed by atoms with Gasteiger partial charge in [0.2, 0.25) is 10.7 Å². The topological polar surface area (TPSA) is 87.0 Å². The van der Waals surface area contributed by atoms with Gasteiger partial charge < -0.3 is 14.2 Å². The average molecular weight is 427 g/mol. The van der Waals surface area contributed by atoms with E-state index < -0.39 is 5.91 Å². The number of benzene rings is 1. The summed E-state index contributed by atoms with van der Waals surface area (Å²) >= 11 is 4.83. The van der Waals surface area contributed by atoms with Gasteiger partial charge in [-0.1, -0.05) is 0 Å². The monoisotopic (exact) mass is 426 g/mol. The third-order valence-electron chi connectivity index (χ3n) is 3.49. The van der Waals surface area contributed by atoms with E-state index in [-0.39, 0.29) is 5.95 Å². The molecule has 1 amide bonds. The number of aryl methyl sites for hydroxylation is 1. The number of amides is 1. The number of fused-ring (bicyclic) bond motifs is 1. The SMILES string of the molecule is COc1cc(C(=O)Nc2nc3scc(C)n3n2)c(Br)c(OC)c1OC. The Bertz CT molecular complexity index is 953. The molecule has 0 atom stereocenters. The highest BCUT2D eigenvalue weighted by Gasteiger charge is 2.23. The molecule has 0 fully saturated rings. The molecule has 8 nitrogen and oxygen atoms in total. The Balaban J connectivity index is 1.98. The molecule has 0 unspecified atom stereocenters. The molecule has 1 aromatic carbocycles. The Kier molecular flexibility index (Phi) is 4.82. The summed E-state index contributed by atoms with van der Waals surface area (Å²) in [6.45, 7) is 1.92. The van der Waals surface area contributed by atoms with Crippen LogP contribution in [-0.2, 0) is 0 Å². The van der Waals surface area contributed by atoms with Crippen LogP contribution in [0.1, 0.15) is 16.1 Å². The second-order valence-corrected chi connectivity index (χ2v) is 6.60. The van der Waals surface area contributed by atoms with Gasteiger partial charge in [0, 0.05) is 5.38 Å². The van der Waals surface area contributed by atoms with Gasteiger partial charge in [-0.25, -0.2) is 4.52 Å². The largest absolute Gasteiger partial charge is 0.493 e. The van der Waals surface area contributed by atoms with Crippen LogP contribution < -0.4 is 19.5 Å². The lowest BCUT2D eigenvalue weighted by atomic mass is 10.1. The van der Waals surface area contributed by atoms with E-state index in [1.54, 1.807) is 10.6 Å². The van der Waals surface area contributed by atoms with Crippen LogP contribution in [0.25, 0.3) is 4.96 Å². The van der Waals surface area contributed by atoms with Crippen LogP contribution in [0, 0.1) is 6.92 Å². The number of rotatable bonds is 5. The molecule has 0 bridgehead atoms. The first-order valence-electron chi connectivity index (χ1n) is 7.10. The summed E-state index contributed by atoms with van der Waals surface area (Å²) in [6.07, 6.45) is 0. The van der Waals surface area contributed by atoms with E-state index in [2.05, 4.69) is 31.3 Å². The van der Waals surface area contributed by atoms with Crippen molar-refractivity contribution in [3.05, 3.63) is 27.2 Å². The summed E-state index contributed by atoms with van der Waals surface area (Å²) in [5, 5.41) is 8.89. The Labute approximate surface area is 155 Å². The van der Waals surface area contributed by atoms with Crippen molar-refractivity contribution in [3.8, 4) is 17.2 Å². The first-order chi connectivity index (χ1) is 12.0. The second kappa shape index (κ2) is 6.89. The number of hydrogen-bond donors (Lipinski definition) is 1. The lowest BCUT2D eigenvalue weighted by molar-refractivity contribution is 0.102. The Morgan fingerprint density at radius 3 is 2.56 bits per heavy atom. The van der Waals surface area contributed by atoms with E-state index in [1.165, 1.54) is 32.7 Å². The number of nitrogens with one attached hydrogen (secondary N) is 1. The van der Waals surface area contributed by atoms with Crippen molar-refractivity contribution in [1.29, 1.82) is 0 Å². The summed E-state index contributed by atoms with van der Waals surface area (Å²) in [7, 11) is 4.47. The molecular weight excluding hydrogens is 412 g/mol. The Morgan fingerprint density at radius 1 is 1.24 bits per heavy atom. The van der Waals surface area contributed by atoms with Crippen molar-refractivity contribution >= 4 is 44.1 Å². The van der Waals surface area contributed by atoms with Crippen molar-refractivity contribution in [2.75, 3.05) is 26.6 Å². The van der Waals surface area contributed by atoms with Crippen LogP contribution in [-0.4, -0.2) is 41.8 Å². The minimum Gasteiger partial charge on any atom is -0.493 e. The molecule has 25 heavy (non-hydrogen) atoms. The summed E-state index contributed by atoms with van der Waals surface area (Å²) < 4.78 is 18.0. The molecule has 0 aliphatic heterocycles. The van der Waals surface area contributed by atoms with Gasteiger partial charge in [-0.05, 0) is 28.9 Å². The number of ether oxygens (including phenoxy) is 3. The van der Waals surface area contributed by atoms with Gasteiger partial charge >= 0.3 is 0 Å². The van der Waals surface area contributed by atoms with Gasteiger partial charge in [-0.2, -0.15) is 4.98 Å². The molecule has 2 heterocycles. The predicted octanol–water partition coefficient (Wildman–Crippen LogP) is 3.14. The number of carbonyl (C=O) groups is 1. The molecule has 0 spiro atoms. The fourth-order valence-electron chi connectivity index (χ4n) is 2.30. The molecule has 10 heteroatoms. The van der Waals surface area contributed by atoms with Crippen LogP contribution in [0.15, 0.2) is 15.9 Å². The van der Waals surface area contributed by atoms with Gasteiger partial charge in [-0.15, -0.1) is 16.4 Å². The van der Waals surface area contributed by atoms with E-state index in [9.17, 15) is 4.79 Å². The molecule has 0 radical (unpaired) electrons. The van der Waals surface area contributed by atoms with E-state index in [0.29, 0.717) is 32.2 Å². The summed E-state index contributed by atoms with van der Waals surface area (Å²) in [6, 6.07) is 1.56. The molecule has 0 saturated heterocycles. The lowest BCUT2D eigenvalue weighted by Crippen LogP contribution is -2.15. The number of anilines is 1. The third kappa shape index (κ3) is 3.02. The van der Waals surface area contributed by atoms with Crippen LogP contribution >= 0.6 is 27.3 Å².